The van der Waals surface area contributed by atoms with Gasteiger partial charge in [-0.2, -0.15) is 0 Å². The molecule has 138 valence electrons. The number of nitrogens with one attached hydrogen (secondary N) is 1. The van der Waals surface area contributed by atoms with Crippen LogP contribution in [0, 0.1) is 5.92 Å². The maximum atomic E-state index is 12.7. The van der Waals surface area contributed by atoms with Crippen molar-refractivity contribution in [1.29, 1.82) is 0 Å². The molecular weight excluding hydrogens is 306 g/mol. The van der Waals surface area contributed by atoms with Crippen molar-refractivity contribution >= 4 is 11.8 Å². The van der Waals surface area contributed by atoms with Gasteiger partial charge >= 0.3 is 0 Å². The molecule has 1 saturated heterocycles. The Morgan fingerprint density at radius 3 is 2.50 bits per heavy atom. The van der Waals surface area contributed by atoms with E-state index in [1.165, 1.54) is 6.42 Å². The summed E-state index contributed by atoms with van der Waals surface area (Å²) in [4.78, 5) is 26.8. The molecule has 6 heteroatoms. The van der Waals surface area contributed by atoms with E-state index >= 15 is 0 Å². The summed E-state index contributed by atoms with van der Waals surface area (Å²) in [5, 5.41) is 2.98. The summed E-state index contributed by atoms with van der Waals surface area (Å²) in [6.07, 6.45) is 7.17. The number of likely N-dealkylation sites (tertiary alicyclic amines) is 1. The van der Waals surface area contributed by atoms with Crippen molar-refractivity contribution in [2.75, 3.05) is 32.8 Å². The maximum absolute atomic E-state index is 12.7. The predicted octanol–water partition coefficient (Wildman–Crippen LogP) is 1.43. The summed E-state index contributed by atoms with van der Waals surface area (Å²) in [5.74, 6) is 0.220. The number of rotatable bonds is 7. The fraction of sp³-hybridized carbons (Fsp3) is 0.889. The van der Waals surface area contributed by atoms with Crippen molar-refractivity contribution in [3.8, 4) is 0 Å². The Hall–Kier alpha value is -1.14. The van der Waals surface area contributed by atoms with Crippen molar-refractivity contribution in [3.05, 3.63) is 0 Å². The lowest BCUT2D eigenvalue weighted by Gasteiger charge is -2.39. The first-order valence-corrected chi connectivity index (χ1v) is 9.50. The van der Waals surface area contributed by atoms with Crippen LogP contribution in [-0.2, 0) is 14.3 Å². The number of nitrogens with zero attached hydrogens (tertiary/aromatic N) is 1. The highest BCUT2D eigenvalue weighted by molar-refractivity contribution is 5.86. The summed E-state index contributed by atoms with van der Waals surface area (Å²) in [6, 6.07) is 0. The number of carbonyl (C=O) groups excluding carboxylic acids is 2. The number of hydrogen-bond donors (Lipinski definition) is 2. The Balaban J connectivity index is 1.70. The number of carbonyl (C=O) groups is 2. The fourth-order valence-electron chi connectivity index (χ4n) is 3.73. The summed E-state index contributed by atoms with van der Waals surface area (Å²) in [7, 11) is 0. The number of hydrogen-bond acceptors (Lipinski definition) is 4. The summed E-state index contributed by atoms with van der Waals surface area (Å²) >= 11 is 0. The molecule has 1 aliphatic carbocycles. The Labute approximate surface area is 145 Å². The second-order valence-electron chi connectivity index (χ2n) is 7.12. The minimum absolute atomic E-state index is 0.0150. The van der Waals surface area contributed by atoms with E-state index in [2.05, 4.69) is 5.32 Å². The minimum Gasteiger partial charge on any atom is -0.382 e. The van der Waals surface area contributed by atoms with E-state index < -0.39 is 5.54 Å². The molecule has 1 saturated carbocycles. The van der Waals surface area contributed by atoms with E-state index in [4.69, 9.17) is 10.5 Å². The normalized spacial score (nSPS) is 21.5. The third-order valence-electron chi connectivity index (χ3n) is 5.29. The zero-order valence-electron chi connectivity index (χ0n) is 15.0. The number of nitrogens with two attached hydrogens (primary N) is 1. The molecule has 2 amide bonds. The van der Waals surface area contributed by atoms with Crippen molar-refractivity contribution in [2.45, 2.75) is 63.8 Å². The number of piperidine rings is 1. The van der Waals surface area contributed by atoms with Crippen LogP contribution in [0.5, 0.6) is 0 Å². The molecule has 0 radical (unpaired) electrons. The lowest BCUT2D eigenvalue weighted by Crippen LogP contribution is -2.58. The van der Waals surface area contributed by atoms with E-state index in [0.29, 0.717) is 32.8 Å². The minimum atomic E-state index is -0.660. The molecule has 0 atom stereocenters. The van der Waals surface area contributed by atoms with Crippen molar-refractivity contribution in [1.82, 2.24) is 10.2 Å². The standard InChI is InChI=1S/C18H33N3O3/c1-2-24-14-6-11-20-16(22)15-7-12-21(13-8-15)17(23)18(19)9-4-3-5-10-18/h15H,2-14,19H2,1H3,(H,20,22). The Morgan fingerprint density at radius 2 is 1.88 bits per heavy atom. The van der Waals surface area contributed by atoms with Crippen LogP contribution in [0.15, 0.2) is 0 Å². The molecule has 6 nitrogen and oxygen atoms in total. The van der Waals surface area contributed by atoms with Gasteiger partial charge in [0.1, 0.15) is 0 Å². The Bertz CT molecular complexity index is 414. The molecule has 0 spiro atoms. The van der Waals surface area contributed by atoms with Crippen molar-refractivity contribution in [3.63, 3.8) is 0 Å². The quantitative estimate of drug-likeness (QED) is 0.687. The van der Waals surface area contributed by atoms with Crippen molar-refractivity contribution < 1.29 is 14.3 Å². The smallest absolute Gasteiger partial charge is 0.242 e. The molecule has 0 bridgehead atoms. The van der Waals surface area contributed by atoms with Crippen LogP contribution in [0.25, 0.3) is 0 Å². The molecule has 2 aliphatic rings. The lowest BCUT2D eigenvalue weighted by molar-refractivity contribution is -0.141. The third-order valence-corrected chi connectivity index (χ3v) is 5.29. The number of amides is 2. The largest absolute Gasteiger partial charge is 0.382 e. The second-order valence-corrected chi connectivity index (χ2v) is 7.12. The van der Waals surface area contributed by atoms with Gasteiger partial charge in [-0.1, -0.05) is 19.3 Å². The van der Waals surface area contributed by atoms with E-state index in [1.54, 1.807) is 0 Å². The van der Waals surface area contributed by atoms with Crippen LogP contribution >= 0.6 is 0 Å². The van der Waals surface area contributed by atoms with Gasteiger partial charge in [0.05, 0.1) is 5.54 Å². The van der Waals surface area contributed by atoms with Gasteiger partial charge in [0.2, 0.25) is 11.8 Å². The summed E-state index contributed by atoms with van der Waals surface area (Å²) < 4.78 is 5.26. The average Bonchev–Trinajstić information content (AvgIpc) is 2.61. The molecule has 2 fully saturated rings. The maximum Gasteiger partial charge on any atom is 0.242 e. The van der Waals surface area contributed by atoms with Gasteiger partial charge in [-0.15, -0.1) is 0 Å². The Kier molecular flexibility index (Phi) is 7.49. The SMILES string of the molecule is CCOCCCNC(=O)C1CCN(C(=O)C2(N)CCCCC2)CC1. The molecule has 2 rings (SSSR count). The fourth-order valence-corrected chi connectivity index (χ4v) is 3.73. The molecule has 0 unspecified atom stereocenters. The van der Waals surface area contributed by atoms with E-state index in [1.807, 2.05) is 11.8 Å². The van der Waals surface area contributed by atoms with Gasteiger partial charge in [0.15, 0.2) is 0 Å². The Morgan fingerprint density at radius 1 is 1.21 bits per heavy atom. The third kappa shape index (κ3) is 5.18. The molecule has 1 aliphatic heterocycles. The van der Waals surface area contributed by atoms with Crippen molar-refractivity contribution in [2.24, 2.45) is 11.7 Å². The zero-order valence-corrected chi connectivity index (χ0v) is 15.0. The lowest BCUT2D eigenvalue weighted by atomic mass is 9.81. The van der Waals surface area contributed by atoms with E-state index in [-0.39, 0.29) is 17.7 Å². The van der Waals surface area contributed by atoms with Crippen LogP contribution in [0.4, 0.5) is 0 Å². The first-order chi connectivity index (χ1) is 11.6. The van der Waals surface area contributed by atoms with Gasteiger partial charge in [-0.25, -0.2) is 0 Å². The summed E-state index contributed by atoms with van der Waals surface area (Å²) in [5.41, 5.74) is 5.69. The predicted molar refractivity (Wildman–Crippen MR) is 93.4 cm³/mol. The van der Waals surface area contributed by atoms with E-state index in [0.717, 1.165) is 44.9 Å². The molecule has 0 aromatic heterocycles. The highest BCUT2D eigenvalue weighted by atomic mass is 16.5. The molecule has 0 aromatic carbocycles. The van der Waals surface area contributed by atoms with Gasteiger partial charge in [0.25, 0.3) is 0 Å². The molecule has 1 heterocycles. The summed E-state index contributed by atoms with van der Waals surface area (Å²) in [6.45, 7) is 5.31. The van der Waals surface area contributed by atoms with Crippen LogP contribution in [0.1, 0.15) is 58.3 Å². The number of ether oxygens (including phenoxy) is 1. The first-order valence-electron chi connectivity index (χ1n) is 9.50. The topological polar surface area (TPSA) is 84.7 Å². The van der Waals surface area contributed by atoms with Crippen LogP contribution in [-0.4, -0.2) is 55.1 Å². The van der Waals surface area contributed by atoms with Gasteiger partial charge in [-0.3, -0.25) is 9.59 Å². The second kappa shape index (κ2) is 9.37. The highest BCUT2D eigenvalue weighted by Gasteiger charge is 2.39. The van der Waals surface area contributed by atoms with Gasteiger partial charge in [0, 0.05) is 38.8 Å². The molecular formula is C18H33N3O3. The first kappa shape index (κ1) is 19.2. The van der Waals surface area contributed by atoms with E-state index in [9.17, 15) is 9.59 Å². The molecule has 24 heavy (non-hydrogen) atoms. The average molecular weight is 339 g/mol. The zero-order chi connectivity index (χ0) is 17.4. The van der Waals surface area contributed by atoms with Gasteiger partial charge in [-0.05, 0) is 39.0 Å². The molecule has 3 N–H and O–H groups in total. The van der Waals surface area contributed by atoms with Crippen LogP contribution in [0.3, 0.4) is 0 Å². The van der Waals surface area contributed by atoms with Crippen LogP contribution < -0.4 is 11.1 Å². The highest BCUT2D eigenvalue weighted by Crippen LogP contribution is 2.29. The molecule has 0 aromatic rings. The monoisotopic (exact) mass is 339 g/mol. The van der Waals surface area contributed by atoms with Gasteiger partial charge < -0.3 is 20.7 Å². The van der Waals surface area contributed by atoms with Crippen LogP contribution in [0.2, 0.25) is 0 Å².